The lowest BCUT2D eigenvalue weighted by atomic mass is 10.1. The Morgan fingerprint density at radius 3 is 2.94 bits per heavy atom. The van der Waals surface area contributed by atoms with Gasteiger partial charge in [0.1, 0.15) is 0 Å². The van der Waals surface area contributed by atoms with Gasteiger partial charge >= 0.3 is 0 Å². The summed E-state index contributed by atoms with van der Waals surface area (Å²) >= 11 is 5.87. The molecule has 6 heteroatoms. The Bertz CT molecular complexity index is 524. The summed E-state index contributed by atoms with van der Waals surface area (Å²) in [6.07, 6.45) is 3.13. The Hall–Kier alpha value is -2.01. The third-order valence-electron chi connectivity index (χ3n) is 2.25. The predicted molar refractivity (Wildman–Crippen MR) is 67.5 cm³/mol. The fourth-order valence-corrected chi connectivity index (χ4v) is 1.61. The number of carbonyl (C=O) groups is 1. The average molecular weight is 251 g/mol. The third kappa shape index (κ3) is 2.57. The Labute approximate surface area is 103 Å². The van der Waals surface area contributed by atoms with Gasteiger partial charge in [0.25, 0.3) is 5.91 Å². The fourth-order valence-electron chi connectivity index (χ4n) is 1.44. The Kier molecular flexibility index (Phi) is 3.30. The van der Waals surface area contributed by atoms with Crippen LogP contribution >= 0.6 is 11.6 Å². The third-order valence-corrected chi connectivity index (χ3v) is 2.49. The van der Waals surface area contributed by atoms with Crippen LogP contribution in [-0.4, -0.2) is 23.2 Å². The van der Waals surface area contributed by atoms with Gasteiger partial charge in [0.05, 0.1) is 17.4 Å². The monoisotopic (exact) mass is 250 g/mol. The van der Waals surface area contributed by atoms with Gasteiger partial charge in [-0.3, -0.25) is 9.89 Å². The number of aromatic amines is 1. The zero-order chi connectivity index (χ0) is 12.3. The Balaban J connectivity index is 2.26. The number of anilines is 2. The van der Waals surface area contributed by atoms with Crippen LogP contribution in [0.25, 0.3) is 0 Å². The number of amides is 1. The molecule has 0 radical (unpaired) electrons. The lowest BCUT2D eigenvalue weighted by molar-refractivity contribution is 0.102. The first-order valence-electron chi connectivity index (χ1n) is 4.98. The summed E-state index contributed by atoms with van der Waals surface area (Å²) in [5.74, 6) is -0.238. The van der Waals surface area contributed by atoms with Crippen LogP contribution in [0.5, 0.6) is 0 Å². The minimum absolute atomic E-state index is 0.238. The molecule has 17 heavy (non-hydrogen) atoms. The highest BCUT2D eigenvalue weighted by Crippen LogP contribution is 2.21. The standard InChI is InChI=1S/C11H11ClN4O/c1-13-10-3-2-7(12)4-9(10)11(17)16-8-5-14-15-6-8/h2-6,13H,1H3,(H,14,15)(H,16,17). The second-order valence-electron chi connectivity index (χ2n) is 3.38. The van der Waals surface area contributed by atoms with Crippen LogP contribution in [0.15, 0.2) is 30.6 Å². The van der Waals surface area contributed by atoms with Crippen molar-refractivity contribution in [2.75, 3.05) is 17.7 Å². The molecule has 1 aromatic heterocycles. The van der Waals surface area contributed by atoms with Crippen molar-refractivity contribution < 1.29 is 4.79 Å². The normalized spacial score (nSPS) is 10.0. The summed E-state index contributed by atoms with van der Waals surface area (Å²) in [6, 6.07) is 5.09. The maximum Gasteiger partial charge on any atom is 0.257 e. The van der Waals surface area contributed by atoms with Gasteiger partial charge in [0.15, 0.2) is 0 Å². The van der Waals surface area contributed by atoms with Crippen LogP contribution in [0.2, 0.25) is 5.02 Å². The van der Waals surface area contributed by atoms with Crippen LogP contribution < -0.4 is 10.6 Å². The number of hydrogen-bond donors (Lipinski definition) is 3. The molecule has 0 saturated heterocycles. The topological polar surface area (TPSA) is 69.8 Å². The van der Waals surface area contributed by atoms with E-state index in [1.807, 2.05) is 0 Å². The lowest BCUT2D eigenvalue weighted by Gasteiger charge is -2.09. The molecule has 0 saturated carbocycles. The molecule has 0 aliphatic carbocycles. The molecular weight excluding hydrogens is 240 g/mol. The van der Waals surface area contributed by atoms with Gasteiger partial charge in [-0.25, -0.2) is 0 Å². The summed E-state index contributed by atoms with van der Waals surface area (Å²) < 4.78 is 0. The van der Waals surface area contributed by atoms with Crippen molar-refractivity contribution in [2.45, 2.75) is 0 Å². The highest BCUT2D eigenvalue weighted by molar-refractivity contribution is 6.31. The maximum absolute atomic E-state index is 12.0. The van der Waals surface area contributed by atoms with Gasteiger partial charge in [-0.05, 0) is 18.2 Å². The summed E-state index contributed by atoms with van der Waals surface area (Å²) in [6.45, 7) is 0. The molecule has 0 spiro atoms. The number of hydrogen-bond acceptors (Lipinski definition) is 3. The second-order valence-corrected chi connectivity index (χ2v) is 3.82. The summed E-state index contributed by atoms with van der Waals surface area (Å²) in [5, 5.41) is 12.5. The van der Waals surface area contributed by atoms with Crippen LogP contribution in [-0.2, 0) is 0 Å². The van der Waals surface area contributed by atoms with Crippen molar-refractivity contribution in [3.8, 4) is 0 Å². The smallest absolute Gasteiger partial charge is 0.257 e. The number of halogens is 1. The first-order chi connectivity index (χ1) is 8.20. The maximum atomic E-state index is 12.0. The minimum atomic E-state index is -0.238. The molecule has 88 valence electrons. The molecule has 0 aliphatic rings. The van der Waals surface area contributed by atoms with E-state index in [-0.39, 0.29) is 5.91 Å². The first kappa shape index (κ1) is 11.5. The zero-order valence-corrected chi connectivity index (χ0v) is 9.88. The highest BCUT2D eigenvalue weighted by Gasteiger charge is 2.11. The first-order valence-corrected chi connectivity index (χ1v) is 5.36. The lowest BCUT2D eigenvalue weighted by Crippen LogP contribution is -2.13. The van der Waals surface area contributed by atoms with Crippen molar-refractivity contribution >= 4 is 28.9 Å². The number of carbonyl (C=O) groups excluding carboxylic acids is 1. The number of nitrogens with zero attached hydrogens (tertiary/aromatic N) is 1. The summed E-state index contributed by atoms with van der Waals surface area (Å²) in [7, 11) is 1.75. The van der Waals surface area contributed by atoms with Crippen LogP contribution in [0, 0.1) is 0 Å². The van der Waals surface area contributed by atoms with Crippen LogP contribution in [0.1, 0.15) is 10.4 Å². The van der Waals surface area contributed by atoms with E-state index in [0.717, 1.165) is 5.69 Å². The van der Waals surface area contributed by atoms with Crippen molar-refractivity contribution in [1.82, 2.24) is 10.2 Å². The molecule has 5 nitrogen and oxygen atoms in total. The van der Waals surface area contributed by atoms with E-state index in [1.54, 1.807) is 31.4 Å². The number of benzene rings is 1. The minimum Gasteiger partial charge on any atom is -0.387 e. The van der Waals surface area contributed by atoms with E-state index in [9.17, 15) is 4.79 Å². The van der Waals surface area contributed by atoms with Crippen LogP contribution in [0.3, 0.4) is 0 Å². The largest absolute Gasteiger partial charge is 0.387 e. The van der Waals surface area contributed by atoms with E-state index in [2.05, 4.69) is 20.8 Å². The Morgan fingerprint density at radius 2 is 2.29 bits per heavy atom. The molecule has 2 rings (SSSR count). The van der Waals surface area contributed by atoms with Gasteiger partial charge < -0.3 is 10.6 Å². The number of aromatic nitrogens is 2. The highest BCUT2D eigenvalue weighted by atomic mass is 35.5. The van der Waals surface area contributed by atoms with Gasteiger partial charge in [0.2, 0.25) is 0 Å². The van der Waals surface area contributed by atoms with Crippen molar-refractivity contribution in [3.63, 3.8) is 0 Å². The van der Waals surface area contributed by atoms with E-state index >= 15 is 0 Å². The molecule has 3 N–H and O–H groups in total. The molecule has 2 aromatic rings. The van der Waals surface area contributed by atoms with E-state index in [4.69, 9.17) is 11.6 Å². The van der Waals surface area contributed by atoms with E-state index < -0.39 is 0 Å². The SMILES string of the molecule is CNc1ccc(Cl)cc1C(=O)Nc1cn[nH]c1. The predicted octanol–water partition coefficient (Wildman–Crippen LogP) is 2.36. The van der Waals surface area contributed by atoms with Crippen molar-refractivity contribution in [1.29, 1.82) is 0 Å². The Morgan fingerprint density at radius 1 is 1.47 bits per heavy atom. The van der Waals surface area contributed by atoms with Gasteiger partial charge in [-0.1, -0.05) is 11.6 Å². The van der Waals surface area contributed by atoms with Crippen molar-refractivity contribution in [3.05, 3.63) is 41.2 Å². The molecule has 0 fully saturated rings. The van der Waals surface area contributed by atoms with Crippen molar-refractivity contribution in [2.24, 2.45) is 0 Å². The van der Waals surface area contributed by atoms with E-state index in [1.165, 1.54) is 6.20 Å². The molecule has 0 atom stereocenters. The molecule has 0 aliphatic heterocycles. The molecule has 1 heterocycles. The van der Waals surface area contributed by atoms with Gasteiger partial charge in [0, 0.05) is 24.0 Å². The molecule has 1 aromatic carbocycles. The van der Waals surface area contributed by atoms with Crippen LogP contribution in [0.4, 0.5) is 11.4 Å². The second kappa shape index (κ2) is 4.88. The fraction of sp³-hybridized carbons (Fsp3) is 0.0909. The summed E-state index contributed by atoms with van der Waals surface area (Å²) in [4.78, 5) is 12.0. The molecule has 1 amide bonds. The van der Waals surface area contributed by atoms with Gasteiger partial charge in [-0.2, -0.15) is 5.10 Å². The molecule has 0 unspecified atom stereocenters. The summed E-state index contributed by atoms with van der Waals surface area (Å²) in [5.41, 5.74) is 1.81. The number of nitrogens with one attached hydrogen (secondary N) is 3. The van der Waals surface area contributed by atoms with E-state index in [0.29, 0.717) is 16.3 Å². The molecule has 0 bridgehead atoms. The average Bonchev–Trinajstić information content (AvgIpc) is 2.81. The number of rotatable bonds is 3. The van der Waals surface area contributed by atoms with Gasteiger partial charge in [-0.15, -0.1) is 0 Å². The number of H-pyrrole nitrogens is 1. The molecular formula is C11H11ClN4O. The zero-order valence-electron chi connectivity index (χ0n) is 9.12. The quantitative estimate of drug-likeness (QED) is 0.783.